The molecule has 240 valence electrons. The Morgan fingerprint density at radius 2 is 1.77 bits per heavy atom. The molecule has 4 fully saturated rings. The Kier molecular flexibility index (Phi) is 7.91. The molecule has 0 spiro atoms. The highest BCUT2D eigenvalue weighted by atomic mass is 35.5. The fourth-order valence-electron chi connectivity index (χ4n) is 10.2. The number of aliphatic hydroxyl groups is 2. The van der Waals surface area contributed by atoms with Gasteiger partial charge in [-0.2, -0.15) is 0 Å². The van der Waals surface area contributed by atoms with Gasteiger partial charge in [0.15, 0.2) is 0 Å². The molecule has 44 heavy (non-hydrogen) atoms. The average molecular weight is 648 g/mol. The number of carbonyl (C=O) groups is 1. The molecule has 11 atom stereocenters. The highest BCUT2D eigenvalue weighted by molar-refractivity contribution is 7.92. The first-order valence-corrected chi connectivity index (χ1v) is 17.2. The van der Waals surface area contributed by atoms with Crippen LogP contribution in [-0.2, 0) is 24.2 Å². The smallest absolute Gasteiger partial charge is 0.340 e. The van der Waals surface area contributed by atoms with Gasteiger partial charge in [0.25, 0.3) is 10.0 Å². The molecule has 0 radical (unpaired) electrons. The molecule has 0 heterocycles. The van der Waals surface area contributed by atoms with Gasteiger partial charge in [0.05, 0.1) is 28.4 Å². The molecule has 2 aromatic carbocycles. The number of carbonyl (C=O) groups excluding carboxylic acids is 1. The van der Waals surface area contributed by atoms with E-state index in [2.05, 4.69) is 18.6 Å². The summed E-state index contributed by atoms with van der Waals surface area (Å²) in [6, 6.07) is 12.1. The van der Waals surface area contributed by atoms with Crippen LogP contribution in [-0.4, -0.2) is 68.3 Å². The summed E-state index contributed by atoms with van der Waals surface area (Å²) in [5.41, 5.74) is -3.11. The molecule has 11 heteroatoms. The number of fused-ring (bicyclic) bond motifs is 5. The van der Waals surface area contributed by atoms with Crippen LogP contribution < -0.4 is 4.72 Å². The van der Waals surface area contributed by atoms with E-state index in [1.54, 1.807) is 26.4 Å². The second-order valence-corrected chi connectivity index (χ2v) is 15.5. The number of methoxy groups -OCH3 is 2. The van der Waals surface area contributed by atoms with E-state index < -0.39 is 44.8 Å². The molecule has 4 aliphatic rings. The summed E-state index contributed by atoms with van der Waals surface area (Å²) in [6.07, 6.45) is 0.994. The van der Waals surface area contributed by atoms with Crippen molar-refractivity contribution < 1.29 is 37.6 Å². The number of nitrogens with one attached hydrogen (secondary N) is 1. The van der Waals surface area contributed by atoms with Crippen LogP contribution in [0.5, 0.6) is 0 Å². The molecule has 9 nitrogen and oxygen atoms in total. The number of esters is 1. The van der Waals surface area contributed by atoms with E-state index in [1.807, 2.05) is 6.92 Å². The number of hydrogen-bond acceptors (Lipinski definition) is 8. The molecule has 0 saturated heterocycles. The maximum atomic E-state index is 13.7. The molecule has 4 bridgehead atoms. The van der Waals surface area contributed by atoms with Crippen molar-refractivity contribution in [2.24, 2.45) is 35.0 Å². The minimum Gasteiger partial charge on any atom is -0.459 e. The number of rotatable bonds is 9. The van der Waals surface area contributed by atoms with Gasteiger partial charge >= 0.3 is 5.97 Å². The molecular formula is C33H42ClNO8S. The van der Waals surface area contributed by atoms with Crippen molar-refractivity contribution in [2.45, 2.75) is 80.9 Å². The number of anilines is 1. The molecular weight excluding hydrogens is 606 g/mol. The minimum absolute atomic E-state index is 0.0107. The van der Waals surface area contributed by atoms with E-state index in [1.165, 1.54) is 36.4 Å². The molecule has 3 N–H and O–H groups in total. The van der Waals surface area contributed by atoms with Crippen molar-refractivity contribution in [3.63, 3.8) is 0 Å². The number of ether oxygens (including phenoxy) is 3. The third kappa shape index (κ3) is 4.32. The molecule has 0 aliphatic heterocycles. The van der Waals surface area contributed by atoms with Gasteiger partial charge in [0.2, 0.25) is 0 Å². The number of sulfonamides is 1. The summed E-state index contributed by atoms with van der Waals surface area (Å²) < 4.78 is 46.7. The average Bonchev–Trinajstić information content (AvgIpc) is 3.44. The molecule has 0 aromatic heterocycles. The lowest BCUT2D eigenvalue weighted by Gasteiger charge is -2.62. The van der Waals surface area contributed by atoms with E-state index in [0.717, 1.165) is 6.42 Å². The van der Waals surface area contributed by atoms with E-state index in [4.69, 9.17) is 25.8 Å². The SMILES string of the molecule is CC[C@@H]1C2CC([C@H](C)OC(=O)c3ccccc3NS(=O)(=O)c3ccc(Cl)cc3)C1(C)C1CC3[C@@H](OC)C[C@]2(O)[C@]1(O)[C@H]3OC. The zero-order valence-corrected chi connectivity index (χ0v) is 27.3. The van der Waals surface area contributed by atoms with Gasteiger partial charge in [0, 0.05) is 37.5 Å². The fraction of sp³-hybridized carbons (Fsp3) is 0.606. The van der Waals surface area contributed by atoms with Gasteiger partial charge in [-0.05, 0) is 79.3 Å². The van der Waals surface area contributed by atoms with Crippen molar-refractivity contribution in [1.82, 2.24) is 0 Å². The van der Waals surface area contributed by atoms with Gasteiger partial charge < -0.3 is 24.4 Å². The Balaban J connectivity index is 1.29. The summed E-state index contributed by atoms with van der Waals surface area (Å²) >= 11 is 5.93. The second-order valence-electron chi connectivity index (χ2n) is 13.4. The van der Waals surface area contributed by atoms with Crippen molar-refractivity contribution >= 4 is 33.3 Å². The summed E-state index contributed by atoms with van der Waals surface area (Å²) in [4.78, 5) is 13.7. The lowest BCUT2D eigenvalue weighted by atomic mass is 9.48. The Labute approximate surface area is 264 Å². The van der Waals surface area contributed by atoms with E-state index >= 15 is 0 Å². The number of para-hydroxylation sites is 1. The van der Waals surface area contributed by atoms with Gasteiger partial charge in [0.1, 0.15) is 17.3 Å². The Morgan fingerprint density at radius 3 is 2.41 bits per heavy atom. The second kappa shape index (κ2) is 11.0. The normalized spacial score (nSPS) is 39.6. The van der Waals surface area contributed by atoms with E-state index in [0.29, 0.717) is 24.3 Å². The highest BCUT2D eigenvalue weighted by Gasteiger charge is 2.82. The van der Waals surface area contributed by atoms with Crippen LogP contribution in [0.3, 0.4) is 0 Å². The van der Waals surface area contributed by atoms with Gasteiger partial charge in [-0.3, -0.25) is 4.72 Å². The number of hydrogen-bond donors (Lipinski definition) is 3. The van der Waals surface area contributed by atoms with Crippen LogP contribution in [0.15, 0.2) is 53.4 Å². The van der Waals surface area contributed by atoms with E-state index in [-0.39, 0.29) is 51.8 Å². The van der Waals surface area contributed by atoms with Gasteiger partial charge in [-0.15, -0.1) is 0 Å². The topological polar surface area (TPSA) is 131 Å². The summed E-state index contributed by atoms with van der Waals surface area (Å²) in [5, 5.41) is 25.4. The van der Waals surface area contributed by atoms with Crippen molar-refractivity contribution in [1.29, 1.82) is 0 Å². The van der Waals surface area contributed by atoms with Crippen LogP contribution in [0.25, 0.3) is 0 Å². The monoisotopic (exact) mass is 647 g/mol. The summed E-state index contributed by atoms with van der Waals surface area (Å²) in [7, 11) is -0.754. The van der Waals surface area contributed by atoms with Crippen LogP contribution in [0.1, 0.15) is 56.8 Å². The first-order chi connectivity index (χ1) is 20.8. The zero-order valence-electron chi connectivity index (χ0n) is 25.7. The first-order valence-electron chi connectivity index (χ1n) is 15.4. The largest absolute Gasteiger partial charge is 0.459 e. The minimum atomic E-state index is -4.00. The number of halogens is 1. The summed E-state index contributed by atoms with van der Waals surface area (Å²) in [6.45, 7) is 6.17. The Morgan fingerprint density at radius 1 is 1.09 bits per heavy atom. The van der Waals surface area contributed by atoms with Crippen molar-refractivity contribution in [3.05, 3.63) is 59.1 Å². The van der Waals surface area contributed by atoms with Crippen LogP contribution in [0.4, 0.5) is 5.69 Å². The Bertz CT molecular complexity index is 1540. The standard InChI is InChI=1S/C33H42ClNO8S/c1-6-23-25-16-24(31(23,3)28-15-22-27(41-4)17-32(25,37)33(28,38)29(22)42-5)18(2)43-30(36)21-9-7-8-10-26(21)35-44(39,40)20-13-11-19(34)12-14-20/h7-14,18,22-25,27-29,35,37-38H,6,15-17H2,1-5H3/t18-,22?,23+,24?,25?,27-,28?,29-,31?,32+,33+/m0/s1. The van der Waals surface area contributed by atoms with Crippen LogP contribution >= 0.6 is 11.6 Å². The van der Waals surface area contributed by atoms with E-state index in [9.17, 15) is 23.4 Å². The van der Waals surface area contributed by atoms with Gasteiger partial charge in [-0.25, -0.2) is 13.2 Å². The fourth-order valence-corrected chi connectivity index (χ4v) is 11.4. The van der Waals surface area contributed by atoms with Gasteiger partial charge in [-0.1, -0.05) is 44.0 Å². The molecule has 4 saturated carbocycles. The maximum absolute atomic E-state index is 13.7. The Hall–Kier alpha value is -2.21. The maximum Gasteiger partial charge on any atom is 0.340 e. The molecule has 6 rings (SSSR count). The highest BCUT2D eigenvalue weighted by Crippen LogP contribution is 2.75. The van der Waals surface area contributed by atoms with Crippen LogP contribution in [0.2, 0.25) is 5.02 Å². The van der Waals surface area contributed by atoms with Crippen LogP contribution in [0, 0.1) is 35.0 Å². The predicted molar refractivity (Wildman–Crippen MR) is 165 cm³/mol. The molecule has 5 unspecified atom stereocenters. The third-order valence-electron chi connectivity index (χ3n) is 11.9. The lowest BCUT2D eigenvalue weighted by Crippen LogP contribution is -2.75. The lowest BCUT2D eigenvalue weighted by molar-refractivity contribution is -0.308. The first kappa shape index (κ1) is 31.8. The number of benzene rings is 2. The predicted octanol–water partition coefficient (Wildman–Crippen LogP) is 4.90. The quantitative estimate of drug-likeness (QED) is 0.328. The zero-order chi connectivity index (χ0) is 31.8. The van der Waals surface area contributed by atoms with Crippen molar-refractivity contribution in [2.75, 3.05) is 18.9 Å². The third-order valence-corrected chi connectivity index (χ3v) is 13.5. The van der Waals surface area contributed by atoms with Crippen molar-refractivity contribution in [3.8, 4) is 0 Å². The molecule has 0 amide bonds. The summed E-state index contributed by atoms with van der Waals surface area (Å²) in [5.74, 6) is -1.30. The molecule has 2 aromatic rings. The molecule has 4 aliphatic carbocycles.